The quantitative estimate of drug-likeness (QED) is 0.878. The fraction of sp³-hybridized carbons (Fsp3) is 0.462. The Hall–Kier alpha value is -1.69. The first-order chi connectivity index (χ1) is 9.04. The van der Waals surface area contributed by atoms with Gasteiger partial charge in [-0.3, -0.25) is 0 Å². The van der Waals surface area contributed by atoms with E-state index in [2.05, 4.69) is 39.5 Å². The summed E-state index contributed by atoms with van der Waals surface area (Å²) in [5, 5.41) is 6.46. The van der Waals surface area contributed by atoms with Crippen molar-refractivity contribution in [3.63, 3.8) is 0 Å². The number of nitrogens with two attached hydrogens (primary N) is 1. The first kappa shape index (κ1) is 13.7. The Morgan fingerprint density at radius 2 is 2.11 bits per heavy atom. The van der Waals surface area contributed by atoms with Crippen LogP contribution in [-0.2, 0) is 6.42 Å². The topological polar surface area (TPSA) is 76.7 Å². The van der Waals surface area contributed by atoms with Crippen molar-refractivity contribution in [2.75, 3.05) is 17.6 Å². The predicted octanol–water partition coefficient (Wildman–Crippen LogP) is 2.60. The summed E-state index contributed by atoms with van der Waals surface area (Å²) in [6, 6.07) is 1.76. The van der Waals surface area contributed by atoms with Crippen molar-refractivity contribution >= 4 is 23.0 Å². The Balaban J connectivity index is 1.95. The summed E-state index contributed by atoms with van der Waals surface area (Å²) in [6.07, 6.45) is 0.880. The normalized spacial score (nSPS) is 10.9. The minimum absolute atomic E-state index is 0.269. The van der Waals surface area contributed by atoms with Crippen LogP contribution in [0.25, 0.3) is 0 Å². The molecule has 2 heterocycles. The molecule has 6 heteroatoms. The monoisotopic (exact) mass is 277 g/mol. The van der Waals surface area contributed by atoms with E-state index in [9.17, 15) is 0 Å². The molecular formula is C13H19N5S. The van der Waals surface area contributed by atoms with E-state index in [4.69, 9.17) is 5.73 Å². The first-order valence-electron chi connectivity index (χ1n) is 6.34. The smallest absolute Gasteiger partial charge is 0.135 e. The van der Waals surface area contributed by atoms with E-state index < -0.39 is 0 Å². The number of nitrogen functional groups attached to an aromatic ring is 1. The van der Waals surface area contributed by atoms with E-state index in [1.54, 1.807) is 17.4 Å². The second-order valence-electron chi connectivity index (χ2n) is 4.73. The highest BCUT2D eigenvalue weighted by Crippen LogP contribution is 2.15. The fourth-order valence-corrected chi connectivity index (χ4v) is 2.32. The molecule has 0 radical (unpaired) electrons. The van der Waals surface area contributed by atoms with Crippen LogP contribution in [0, 0.1) is 6.92 Å². The van der Waals surface area contributed by atoms with Gasteiger partial charge in [-0.05, 0) is 6.92 Å². The van der Waals surface area contributed by atoms with Gasteiger partial charge in [0.15, 0.2) is 0 Å². The van der Waals surface area contributed by atoms with Crippen molar-refractivity contribution < 1.29 is 0 Å². The average Bonchev–Trinajstić information content (AvgIpc) is 2.74. The lowest BCUT2D eigenvalue weighted by molar-refractivity contribution is 0.776. The molecule has 0 atom stereocenters. The second-order valence-corrected chi connectivity index (χ2v) is 5.79. The van der Waals surface area contributed by atoms with Crippen LogP contribution in [0.3, 0.4) is 0 Å². The summed E-state index contributed by atoms with van der Waals surface area (Å²) in [5.41, 5.74) is 6.89. The van der Waals surface area contributed by atoms with E-state index in [0.717, 1.165) is 35.3 Å². The zero-order valence-corrected chi connectivity index (χ0v) is 12.3. The van der Waals surface area contributed by atoms with Crippen LogP contribution >= 0.6 is 11.3 Å². The van der Waals surface area contributed by atoms with Crippen molar-refractivity contribution in [1.29, 1.82) is 0 Å². The summed E-state index contributed by atoms with van der Waals surface area (Å²) < 4.78 is 0. The highest BCUT2D eigenvalue weighted by Gasteiger charge is 2.06. The Morgan fingerprint density at radius 3 is 2.74 bits per heavy atom. The molecule has 19 heavy (non-hydrogen) atoms. The molecule has 0 bridgehead atoms. The maximum Gasteiger partial charge on any atom is 0.135 e. The molecule has 0 saturated carbocycles. The second kappa shape index (κ2) is 5.97. The molecule has 0 fully saturated rings. The van der Waals surface area contributed by atoms with Crippen LogP contribution in [-0.4, -0.2) is 21.5 Å². The number of aryl methyl sites for hydroxylation is 1. The molecular weight excluding hydrogens is 258 g/mol. The van der Waals surface area contributed by atoms with Crippen LogP contribution in [0.15, 0.2) is 11.4 Å². The number of rotatable bonds is 5. The van der Waals surface area contributed by atoms with Gasteiger partial charge in [-0.15, -0.1) is 11.3 Å². The van der Waals surface area contributed by atoms with Crippen molar-refractivity contribution in [2.45, 2.75) is 33.1 Å². The summed E-state index contributed by atoms with van der Waals surface area (Å²) in [5.74, 6) is 2.33. The van der Waals surface area contributed by atoms with Crippen molar-refractivity contribution in [2.24, 2.45) is 0 Å². The lowest BCUT2D eigenvalue weighted by Gasteiger charge is -2.09. The van der Waals surface area contributed by atoms with E-state index >= 15 is 0 Å². The van der Waals surface area contributed by atoms with Crippen molar-refractivity contribution in [1.82, 2.24) is 15.0 Å². The summed E-state index contributed by atoms with van der Waals surface area (Å²) in [6.45, 7) is 6.91. The van der Waals surface area contributed by atoms with E-state index in [0.29, 0.717) is 5.82 Å². The molecule has 3 N–H and O–H groups in total. The molecule has 0 aliphatic heterocycles. The highest BCUT2D eigenvalue weighted by molar-refractivity contribution is 7.09. The largest absolute Gasteiger partial charge is 0.384 e. The van der Waals surface area contributed by atoms with Crippen LogP contribution in [0.1, 0.15) is 36.3 Å². The lowest BCUT2D eigenvalue weighted by Crippen LogP contribution is -2.10. The third-order valence-electron chi connectivity index (χ3n) is 2.63. The number of thiazole rings is 1. The number of hydrogen-bond donors (Lipinski definition) is 2. The van der Waals surface area contributed by atoms with Crippen LogP contribution < -0.4 is 11.1 Å². The first-order valence-corrected chi connectivity index (χ1v) is 7.22. The zero-order chi connectivity index (χ0) is 13.8. The summed E-state index contributed by atoms with van der Waals surface area (Å²) in [4.78, 5) is 13.1. The molecule has 2 aromatic heterocycles. The van der Waals surface area contributed by atoms with Gasteiger partial charge in [0.1, 0.15) is 17.5 Å². The summed E-state index contributed by atoms with van der Waals surface area (Å²) in [7, 11) is 0. The zero-order valence-electron chi connectivity index (χ0n) is 11.5. The SMILES string of the molecule is Cc1nc(CCNc2cc(N)nc(C(C)C)n2)cs1. The van der Waals surface area contributed by atoms with Gasteiger partial charge >= 0.3 is 0 Å². The predicted molar refractivity (Wildman–Crippen MR) is 79.6 cm³/mol. The van der Waals surface area contributed by atoms with Gasteiger partial charge in [0.25, 0.3) is 0 Å². The highest BCUT2D eigenvalue weighted by atomic mass is 32.1. The molecule has 5 nitrogen and oxygen atoms in total. The van der Waals surface area contributed by atoms with Gasteiger partial charge in [-0.25, -0.2) is 15.0 Å². The standard InChI is InChI=1S/C13H19N5S/c1-8(2)13-17-11(14)6-12(18-13)15-5-4-10-7-19-9(3)16-10/h6-8H,4-5H2,1-3H3,(H3,14,15,17,18). The third-order valence-corrected chi connectivity index (χ3v) is 3.46. The van der Waals surface area contributed by atoms with Gasteiger partial charge in [-0.2, -0.15) is 0 Å². The van der Waals surface area contributed by atoms with Crippen molar-refractivity contribution in [3.8, 4) is 0 Å². The molecule has 0 aliphatic carbocycles. The molecule has 0 aromatic carbocycles. The molecule has 0 spiro atoms. The lowest BCUT2D eigenvalue weighted by atomic mass is 10.2. The van der Waals surface area contributed by atoms with Gasteiger partial charge in [-0.1, -0.05) is 13.8 Å². The molecule has 2 aromatic rings. The van der Waals surface area contributed by atoms with E-state index in [1.165, 1.54) is 0 Å². The van der Waals surface area contributed by atoms with Gasteiger partial charge in [0.05, 0.1) is 10.7 Å². The molecule has 102 valence electrons. The molecule has 0 aliphatic rings. The molecule has 2 rings (SSSR count). The van der Waals surface area contributed by atoms with E-state index in [-0.39, 0.29) is 5.92 Å². The summed E-state index contributed by atoms with van der Waals surface area (Å²) >= 11 is 1.67. The fourth-order valence-electron chi connectivity index (χ4n) is 1.68. The Kier molecular flexibility index (Phi) is 4.31. The Labute approximate surface area is 117 Å². The molecule has 0 amide bonds. The maximum atomic E-state index is 5.78. The average molecular weight is 277 g/mol. The molecule has 0 saturated heterocycles. The van der Waals surface area contributed by atoms with Gasteiger partial charge < -0.3 is 11.1 Å². The van der Waals surface area contributed by atoms with Crippen LogP contribution in [0.5, 0.6) is 0 Å². The minimum Gasteiger partial charge on any atom is -0.384 e. The number of anilines is 2. The number of aromatic nitrogens is 3. The van der Waals surface area contributed by atoms with Crippen molar-refractivity contribution in [3.05, 3.63) is 28.0 Å². The maximum absolute atomic E-state index is 5.78. The Morgan fingerprint density at radius 1 is 1.32 bits per heavy atom. The Bertz CT molecular complexity index is 550. The minimum atomic E-state index is 0.269. The van der Waals surface area contributed by atoms with E-state index in [1.807, 2.05) is 6.92 Å². The van der Waals surface area contributed by atoms with Crippen LogP contribution in [0.4, 0.5) is 11.6 Å². The third kappa shape index (κ3) is 3.89. The molecule has 0 unspecified atom stereocenters. The number of nitrogens with one attached hydrogen (secondary N) is 1. The number of hydrogen-bond acceptors (Lipinski definition) is 6. The number of nitrogens with zero attached hydrogens (tertiary/aromatic N) is 3. The van der Waals surface area contributed by atoms with Gasteiger partial charge in [0, 0.05) is 30.3 Å². The van der Waals surface area contributed by atoms with Gasteiger partial charge in [0.2, 0.25) is 0 Å². The van der Waals surface area contributed by atoms with Crippen LogP contribution in [0.2, 0.25) is 0 Å².